The number of nitrogens with zero attached hydrogens (tertiary/aromatic N) is 1. The van der Waals surface area contributed by atoms with Gasteiger partial charge in [0.1, 0.15) is 0 Å². The summed E-state index contributed by atoms with van der Waals surface area (Å²) in [5, 5.41) is 12.1. The Kier molecular flexibility index (Phi) is 4.65. The second-order valence-corrected chi connectivity index (χ2v) is 6.75. The first-order valence-corrected chi connectivity index (χ1v) is 8.40. The maximum Gasteiger partial charge on any atom is 0.409 e. The molecule has 2 N–H and O–H groups in total. The van der Waals surface area contributed by atoms with Gasteiger partial charge in [-0.05, 0) is 49.8 Å². The number of ether oxygens (including phenoxy) is 1. The predicted octanol–water partition coefficient (Wildman–Crippen LogP) is 2.50. The van der Waals surface area contributed by atoms with Crippen molar-refractivity contribution in [2.24, 2.45) is 11.8 Å². The van der Waals surface area contributed by atoms with Crippen LogP contribution in [0.1, 0.15) is 35.2 Å². The van der Waals surface area contributed by atoms with Crippen molar-refractivity contribution in [3.63, 3.8) is 0 Å². The Morgan fingerprint density at radius 1 is 1.28 bits per heavy atom. The van der Waals surface area contributed by atoms with Gasteiger partial charge in [0.25, 0.3) is 0 Å². The van der Waals surface area contributed by atoms with Crippen molar-refractivity contribution in [2.75, 3.05) is 19.0 Å². The lowest BCUT2D eigenvalue weighted by molar-refractivity contribution is -0.126. The summed E-state index contributed by atoms with van der Waals surface area (Å²) in [5.41, 5.74) is 1.18. The van der Waals surface area contributed by atoms with E-state index in [9.17, 15) is 19.5 Å². The van der Waals surface area contributed by atoms with E-state index in [-0.39, 0.29) is 23.4 Å². The highest BCUT2D eigenvalue weighted by atomic mass is 16.5. The minimum atomic E-state index is -1.03. The van der Waals surface area contributed by atoms with Crippen molar-refractivity contribution in [3.05, 3.63) is 29.3 Å². The van der Waals surface area contributed by atoms with Crippen molar-refractivity contribution >= 4 is 23.7 Å². The zero-order valence-electron chi connectivity index (χ0n) is 14.3. The van der Waals surface area contributed by atoms with Crippen molar-refractivity contribution in [2.45, 2.75) is 32.2 Å². The molecule has 2 saturated heterocycles. The average molecular weight is 346 g/mol. The van der Waals surface area contributed by atoms with Gasteiger partial charge in [-0.25, -0.2) is 9.59 Å². The Morgan fingerprint density at radius 2 is 2.04 bits per heavy atom. The molecule has 4 rings (SSSR count). The first kappa shape index (κ1) is 17.3. The minimum Gasteiger partial charge on any atom is -0.478 e. The van der Waals surface area contributed by atoms with Crippen molar-refractivity contribution in [1.29, 1.82) is 0 Å². The molecule has 2 amide bonds. The molecule has 3 atom stereocenters. The molecule has 1 aromatic carbocycles. The van der Waals surface area contributed by atoms with Gasteiger partial charge in [0.15, 0.2) is 0 Å². The molecule has 2 heterocycles. The Morgan fingerprint density at radius 3 is 2.68 bits per heavy atom. The van der Waals surface area contributed by atoms with E-state index in [2.05, 4.69) is 5.32 Å². The van der Waals surface area contributed by atoms with E-state index in [1.807, 2.05) is 0 Å². The monoisotopic (exact) mass is 346 g/mol. The topological polar surface area (TPSA) is 95.9 Å². The van der Waals surface area contributed by atoms with Gasteiger partial charge >= 0.3 is 12.1 Å². The lowest BCUT2D eigenvalue weighted by atomic mass is 9.72. The number of aromatic carboxylic acids is 1. The zero-order chi connectivity index (χ0) is 18.1. The number of nitrogens with one attached hydrogen (secondary N) is 1. The minimum absolute atomic E-state index is 0.166. The molecule has 0 spiro atoms. The Labute approximate surface area is 146 Å². The second-order valence-electron chi connectivity index (χ2n) is 6.75. The third-order valence-corrected chi connectivity index (χ3v) is 5.35. The largest absolute Gasteiger partial charge is 0.478 e. The average Bonchev–Trinajstić information content (AvgIpc) is 2.62. The molecule has 0 aromatic heterocycles. The summed E-state index contributed by atoms with van der Waals surface area (Å²) < 4.78 is 4.84. The first-order chi connectivity index (χ1) is 11.9. The van der Waals surface area contributed by atoms with Crippen LogP contribution in [0.4, 0.5) is 10.5 Å². The van der Waals surface area contributed by atoms with E-state index in [1.54, 1.807) is 24.0 Å². The van der Waals surface area contributed by atoms with Crippen LogP contribution in [-0.2, 0) is 9.53 Å². The van der Waals surface area contributed by atoms with Crippen LogP contribution >= 0.6 is 0 Å². The van der Waals surface area contributed by atoms with Crippen LogP contribution in [0.25, 0.3) is 0 Å². The lowest BCUT2D eigenvalue weighted by Crippen LogP contribution is -2.57. The summed E-state index contributed by atoms with van der Waals surface area (Å²) in [6.45, 7) is 2.31. The quantitative estimate of drug-likeness (QED) is 0.877. The molecule has 134 valence electrons. The van der Waals surface area contributed by atoms with Crippen LogP contribution in [0.3, 0.4) is 0 Å². The number of carboxylic acids is 1. The Bertz CT molecular complexity index is 717. The SMILES string of the molecule is COC(=O)N1CC2CCC1C(C(=O)Nc1cccc(C(=O)O)c1C)C2. The number of amides is 2. The van der Waals surface area contributed by atoms with E-state index in [0.29, 0.717) is 23.7 Å². The molecule has 3 aliphatic rings. The van der Waals surface area contributed by atoms with Crippen LogP contribution in [0.15, 0.2) is 18.2 Å². The molecule has 7 heteroatoms. The third kappa shape index (κ3) is 3.18. The molecular weight excluding hydrogens is 324 g/mol. The van der Waals surface area contributed by atoms with Crippen LogP contribution in [0.5, 0.6) is 0 Å². The number of benzene rings is 1. The molecular formula is C18H22N2O5. The summed E-state index contributed by atoms with van der Waals surface area (Å²) >= 11 is 0. The van der Waals surface area contributed by atoms with E-state index < -0.39 is 12.1 Å². The molecule has 1 aromatic rings. The summed E-state index contributed by atoms with van der Waals surface area (Å²) in [4.78, 5) is 37.7. The lowest BCUT2D eigenvalue weighted by Gasteiger charge is -2.48. The van der Waals surface area contributed by atoms with Gasteiger partial charge in [-0.1, -0.05) is 6.07 Å². The van der Waals surface area contributed by atoms with Crippen molar-refractivity contribution < 1.29 is 24.2 Å². The highest BCUT2D eigenvalue weighted by molar-refractivity contribution is 5.97. The van der Waals surface area contributed by atoms with Crippen LogP contribution in [-0.4, -0.2) is 47.7 Å². The van der Waals surface area contributed by atoms with Gasteiger partial charge in [0.2, 0.25) is 5.91 Å². The standard InChI is InChI=1S/C18H22N2O5/c1-10-12(17(22)23)4-3-5-14(10)19-16(21)13-8-11-6-7-15(13)20(9-11)18(24)25-2/h3-5,11,13,15H,6-9H2,1-2H3,(H,19,21)(H,22,23). The second kappa shape index (κ2) is 6.74. The summed E-state index contributed by atoms with van der Waals surface area (Å²) in [6.07, 6.45) is 2.14. The molecule has 3 fully saturated rings. The number of carbonyl (C=O) groups excluding carboxylic acids is 2. The van der Waals surface area contributed by atoms with Gasteiger partial charge in [-0.2, -0.15) is 0 Å². The first-order valence-electron chi connectivity index (χ1n) is 8.40. The maximum atomic E-state index is 12.8. The van der Waals surface area contributed by atoms with Gasteiger partial charge < -0.3 is 20.1 Å². The number of fused-ring (bicyclic) bond motifs is 3. The fraction of sp³-hybridized carbons (Fsp3) is 0.500. The van der Waals surface area contributed by atoms with Gasteiger partial charge in [-0.15, -0.1) is 0 Å². The van der Waals surface area contributed by atoms with E-state index in [1.165, 1.54) is 13.2 Å². The summed E-state index contributed by atoms with van der Waals surface area (Å²) in [5.74, 6) is -1.21. The fourth-order valence-electron chi connectivity index (χ4n) is 4.03. The van der Waals surface area contributed by atoms with Crippen LogP contribution in [0.2, 0.25) is 0 Å². The molecule has 3 unspecified atom stereocenters. The highest BCUT2D eigenvalue weighted by Gasteiger charge is 2.46. The number of carboxylic acid groups (broad SMARTS) is 1. The number of anilines is 1. The van der Waals surface area contributed by atoms with Gasteiger partial charge in [0, 0.05) is 18.3 Å². The third-order valence-electron chi connectivity index (χ3n) is 5.35. The molecule has 2 bridgehead atoms. The van der Waals surface area contributed by atoms with Crippen molar-refractivity contribution in [3.8, 4) is 0 Å². The molecule has 25 heavy (non-hydrogen) atoms. The van der Waals surface area contributed by atoms with Gasteiger partial charge in [0.05, 0.1) is 18.6 Å². The molecule has 1 aliphatic carbocycles. The van der Waals surface area contributed by atoms with Crippen LogP contribution < -0.4 is 5.32 Å². The fourth-order valence-corrected chi connectivity index (χ4v) is 4.03. The van der Waals surface area contributed by atoms with E-state index >= 15 is 0 Å². The van der Waals surface area contributed by atoms with Crippen molar-refractivity contribution in [1.82, 2.24) is 4.90 Å². The number of carbonyl (C=O) groups is 3. The summed E-state index contributed by atoms with van der Waals surface area (Å²) in [6, 6.07) is 4.65. The Hall–Kier alpha value is -2.57. The smallest absolute Gasteiger partial charge is 0.409 e. The van der Waals surface area contributed by atoms with Crippen LogP contribution in [0, 0.1) is 18.8 Å². The number of methoxy groups -OCH3 is 1. The highest BCUT2D eigenvalue weighted by Crippen LogP contribution is 2.40. The number of piperidine rings is 2. The summed E-state index contributed by atoms with van der Waals surface area (Å²) in [7, 11) is 1.35. The Balaban J connectivity index is 1.79. The molecule has 0 radical (unpaired) electrons. The number of hydrogen-bond donors (Lipinski definition) is 2. The van der Waals surface area contributed by atoms with Gasteiger partial charge in [-0.3, -0.25) is 4.79 Å². The number of rotatable bonds is 3. The molecule has 1 saturated carbocycles. The maximum absolute atomic E-state index is 12.8. The molecule has 2 aliphatic heterocycles. The zero-order valence-corrected chi connectivity index (χ0v) is 14.3. The molecule has 7 nitrogen and oxygen atoms in total. The van der Waals surface area contributed by atoms with E-state index in [0.717, 1.165) is 19.3 Å². The van der Waals surface area contributed by atoms with E-state index in [4.69, 9.17) is 4.74 Å². The number of hydrogen-bond acceptors (Lipinski definition) is 4. The predicted molar refractivity (Wildman–Crippen MR) is 90.5 cm³/mol. The normalized spacial score (nSPS) is 24.7.